The van der Waals surface area contributed by atoms with Crippen LogP contribution in [0.25, 0.3) is 0 Å². The van der Waals surface area contributed by atoms with E-state index in [1.807, 2.05) is 0 Å². The van der Waals surface area contributed by atoms with Crippen LogP contribution in [0.3, 0.4) is 0 Å². The molecule has 3 aromatic rings. The molecule has 1 aliphatic heterocycles. The van der Waals surface area contributed by atoms with Gasteiger partial charge < -0.3 is 24.4 Å². The summed E-state index contributed by atoms with van der Waals surface area (Å²) in [4.78, 5) is 21.4. The first-order chi connectivity index (χ1) is 16.5. The number of ether oxygens (including phenoxy) is 2. The van der Waals surface area contributed by atoms with E-state index in [9.17, 15) is 14.3 Å². The number of amides is 1. The zero-order valence-electron chi connectivity index (χ0n) is 18.6. The van der Waals surface area contributed by atoms with Gasteiger partial charge in [0.1, 0.15) is 25.0 Å². The second-order valence-electron chi connectivity index (χ2n) is 7.82. The van der Waals surface area contributed by atoms with Crippen LogP contribution in [0, 0.1) is 17.1 Å². The van der Waals surface area contributed by atoms with Crippen molar-refractivity contribution in [3.8, 4) is 17.8 Å². The van der Waals surface area contributed by atoms with Crippen LogP contribution < -0.4 is 9.64 Å². The highest BCUT2D eigenvalue weighted by molar-refractivity contribution is 5.98. The molecule has 2 heterocycles. The van der Waals surface area contributed by atoms with E-state index in [4.69, 9.17) is 14.7 Å². The average molecular weight is 465 g/mol. The molecule has 0 spiro atoms. The molecule has 1 N–H and O–H groups in total. The largest absolute Gasteiger partial charge is 0.425 e. The van der Waals surface area contributed by atoms with Crippen LogP contribution in [-0.2, 0) is 11.3 Å². The number of anilines is 1. The van der Waals surface area contributed by atoms with Gasteiger partial charge in [-0.25, -0.2) is 4.39 Å². The van der Waals surface area contributed by atoms with Gasteiger partial charge in [-0.1, -0.05) is 12.1 Å². The number of nitriles is 1. The molecule has 1 aliphatic rings. The van der Waals surface area contributed by atoms with E-state index < -0.39 is 0 Å². The molecule has 34 heavy (non-hydrogen) atoms. The fourth-order valence-electron chi connectivity index (χ4n) is 3.58. The molecule has 176 valence electrons. The van der Waals surface area contributed by atoms with Crippen LogP contribution in [-0.4, -0.2) is 59.1 Å². The minimum Gasteiger partial charge on any atom is -0.425 e. The van der Waals surface area contributed by atoms with Gasteiger partial charge in [0.05, 0.1) is 18.2 Å². The third-order valence-corrected chi connectivity index (χ3v) is 5.33. The molecular weight excluding hydrogens is 441 g/mol. The van der Waals surface area contributed by atoms with Crippen LogP contribution >= 0.6 is 0 Å². The van der Waals surface area contributed by atoms with Crippen LogP contribution in [0.15, 0.2) is 48.5 Å². The summed E-state index contributed by atoms with van der Waals surface area (Å²) < 4.78 is 26.8. The number of aromatic nitrogens is 2. The Morgan fingerprint density at radius 3 is 2.59 bits per heavy atom. The Morgan fingerprint density at radius 1 is 1.18 bits per heavy atom. The number of carbonyl (C=O) groups is 1. The average Bonchev–Trinajstić information content (AvgIpc) is 3.19. The van der Waals surface area contributed by atoms with Crippen molar-refractivity contribution in [3.63, 3.8) is 0 Å². The van der Waals surface area contributed by atoms with Crippen LogP contribution in [0.5, 0.6) is 11.8 Å². The molecule has 1 amide bonds. The lowest BCUT2D eigenvalue weighted by molar-refractivity contribution is 0.0200. The Kier molecular flexibility index (Phi) is 7.06. The number of aliphatic hydroxyl groups excluding tert-OH is 1. The molecule has 10 heteroatoms. The van der Waals surface area contributed by atoms with Crippen molar-refractivity contribution in [2.24, 2.45) is 0 Å². The summed E-state index contributed by atoms with van der Waals surface area (Å²) >= 11 is 0. The lowest BCUT2D eigenvalue weighted by atomic mass is 10.2. The molecular formula is C24H24FN5O4. The molecule has 0 saturated heterocycles. The highest BCUT2D eigenvalue weighted by Crippen LogP contribution is 2.32. The molecule has 0 radical (unpaired) electrons. The van der Waals surface area contributed by atoms with Crippen LogP contribution in [0.4, 0.5) is 10.2 Å². The maximum Gasteiger partial charge on any atom is 0.304 e. The number of halogens is 1. The smallest absolute Gasteiger partial charge is 0.304 e. The molecule has 9 nitrogen and oxygen atoms in total. The van der Waals surface area contributed by atoms with E-state index in [0.29, 0.717) is 35.8 Å². The van der Waals surface area contributed by atoms with Gasteiger partial charge in [-0.05, 0) is 48.4 Å². The molecule has 2 aromatic carbocycles. The van der Waals surface area contributed by atoms with Gasteiger partial charge in [-0.15, -0.1) is 0 Å². The summed E-state index contributed by atoms with van der Waals surface area (Å²) in [6.07, 6.45) is 0.404. The lowest BCUT2D eigenvalue weighted by Crippen LogP contribution is -2.40. The second-order valence-corrected chi connectivity index (χ2v) is 7.82. The zero-order valence-corrected chi connectivity index (χ0v) is 18.6. The summed E-state index contributed by atoms with van der Waals surface area (Å²) in [6, 6.07) is 14.8. The van der Waals surface area contributed by atoms with Crippen LogP contribution in [0.2, 0.25) is 0 Å². The van der Waals surface area contributed by atoms with Gasteiger partial charge in [-0.3, -0.25) is 9.36 Å². The van der Waals surface area contributed by atoms with Gasteiger partial charge in [0.15, 0.2) is 11.5 Å². The lowest BCUT2D eigenvalue weighted by Gasteiger charge is -2.29. The summed E-state index contributed by atoms with van der Waals surface area (Å²) in [5.41, 5.74) is 1.54. The second kappa shape index (κ2) is 10.3. The number of nitrogens with zero attached hydrogens (tertiary/aromatic N) is 5. The summed E-state index contributed by atoms with van der Waals surface area (Å²) in [5, 5.41) is 18.3. The first kappa shape index (κ1) is 23.2. The van der Waals surface area contributed by atoms with Crippen LogP contribution in [0.1, 0.15) is 28.0 Å². The predicted octanol–water partition coefficient (Wildman–Crippen LogP) is 2.94. The first-order valence-electron chi connectivity index (χ1n) is 10.7. The number of rotatable bonds is 7. The van der Waals surface area contributed by atoms with Crippen molar-refractivity contribution in [2.45, 2.75) is 13.0 Å². The monoisotopic (exact) mass is 465 g/mol. The maximum atomic E-state index is 13.6. The van der Waals surface area contributed by atoms with E-state index in [1.54, 1.807) is 52.9 Å². The van der Waals surface area contributed by atoms with Crippen molar-refractivity contribution < 1.29 is 23.8 Å². The highest BCUT2D eigenvalue weighted by Gasteiger charge is 2.32. The molecule has 1 aromatic heterocycles. The molecule has 0 fully saturated rings. The number of fused-ring (bicyclic) bond motifs is 1. The fraction of sp³-hybridized carbons (Fsp3) is 0.292. The quantitative estimate of drug-likeness (QED) is 0.572. The Labute approximate surface area is 196 Å². The van der Waals surface area contributed by atoms with Gasteiger partial charge in [0.2, 0.25) is 0 Å². The molecule has 0 bridgehead atoms. The minimum atomic E-state index is -0.359. The van der Waals surface area contributed by atoms with E-state index in [2.05, 4.69) is 11.1 Å². The first-order valence-corrected chi connectivity index (χ1v) is 10.7. The van der Waals surface area contributed by atoms with Crippen molar-refractivity contribution in [2.75, 3.05) is 38.6 Å². The maximum absolute atomic E-state index is 13.6. The van der Waals surface area contributed by atoms with Gasteiger partial charge in [-0.2, -0.15) is 10.2 Å². The van der Waals surface area contributed by atoms with Gasteiger partial charge in [0, 0.05) is 20.2 Å². The fourth-order valence-corrected chi connectivity index (χ4v) is 3.58. The van der Waals surface area contributed by atoms with Gasteiger partial charge in [0.25, 0.3) is 5.91 Å². The van der Waals surface area contributed by atoms with Crippen molar-refractivity contribution in [1.29, 1.82) is 5.26 Å². The Hall–Kier alpha value is -3.94. The van der Waals surface area contributed by atoms with E-state index in [1.165, 1.54) is 17.0 Å². The molecule has 4 rings (SSSR count). The molecule has 0 atom stereocenters. The number of hydrogen-bond acceptors (Lipinski definition) is 7. The Bertz CT molecular complexity index is 1190. The molecule has 0 saturated carbocycles. The number of imidazole rings is 1. The number of aliphatic hydroxyl groups is 1. The summed E-state index contributed by atoms with van der Waals surface area (Å²) in [7, 11) is 1.76. The SMILES string of the molecule is CN1COCN(CCCO)C(=O)c2c1nc(Oc1ccc(C#N)cc1)n2Cc1ccc(F)cc1. The Morgan fingerprint density at radius 2 is 1.91 bits per heavy atom. The zero-order chi connectivity index (χ0) is 24.1. The molecule has 0 aliphatic carbocycles. The highest BCUT2D eigenvalue weighted by atomic mass is 19.1. The minimum absolute atomic E-state index is 0.0571. The Balaban J connectivity index is 1.79. The third kappa shape index (κ3) is 5.01. The van der Waals surface area contributed by atoms with E-state index in [0.717, 1.165) is 5.56 Å². The van der Waals surface area contributed by atoms with Crippen molar-refractivity contribution in [3.05, 3.63) is 71.2 Å². The number of benzene rings is 2. The number of hydrogen-bond donors (Lipinski definition) is 1. The normalized spacial score (nSPS) is 13.8. The topological polar surface area (TPSA) is 104 Å². The predicted molar refractivity (Wildman–Crippen MR) is 121 cm³/mol. The number of carbonyl (C=O) groups excluding carboxylic acids is 1. The third-order valence-electron chi connectivity index (χ3n) is 5.33. The summed E-state index contributed by atoms with van der Waals surface area (Å²) in [6.45, 7) is 0.725. The van der Waals surface area contributed by atoms with E-state index in [-0.39, 0.29) is 44.3 Å². The van der Waals surface area contributed by atoms with Crippen molar-refractivity contribution >= 4 is 11.7 Å². The van der Waals surface area contributed by atoms with Crippen molar-refractivity contribution in [1.82, 2.24) is 14.5 Å². The van der Waals surface area contributed by atoms with Gasteiger partial charge >= 0.3 is 6.01 Å². The van der Waals surface area contributed by atoms with E-state index >= 15 is 0 Å². The standard InChI is InChI=1S/C24H24FN5O4/c1-28-15-33-16-29(11-2-12-31)23(32)21-22(28)27-24(34-20-9-5-17(13-26)6-10-20)30(21)14-18-3-7-19(25)8-4-18/h3-10,31H,2,11-12,14-16H2,1H3. The summed E-state index contributed by atoms with van der Waals surface area (Å²) in [5.74, 6) is 0.145. The molecule has 0 unspecified atom stereocenters.